The second-order valence-corrected chi connectivity index (χ2v) is 12.4. The van der Waals surface area contributed by atoms with E-state index >= 15 is 0 Å². The summed E-state index contributed by atoms with van der Waals surface area (Å²) >= 11 is 1.19. The van der Waals surface area contributed by atoms with Gasteiger partial charge in [0.05, 0.1) is 18.6 Å². The van der Waals surface area contributed by atoms with Crippen LogP contribution in [0.15, 0.2) is 40.6 Å². The van der Waals surface area contributed by atoms with Gasteiger partial charge in [0.25, 0.3) is 10.0 Å². The van der Waals surface area contributed by atoms with Gasteiger partial charge in [0.15, 0.2) is 0 Å². The number of carbonyl (C=O) groups excluding carboxylic acids is 1. The molecule has 1 N–H and O–H groups in total. The fourth-order valence-electron chi connectivity index (χ4n) is 4.50. The van der Waals surface area contributed by atoms with Gasteiger partial charge in [-0.25, -0.2) is 8.42 Å². The molecule has 1 aromatic heterocycles. The molecular formula is C24H33N3O4S2. The molecule has 9 heteroatoms. The highest BCUT2D eigenvalue weighted by atomic mass is 32.2. The Kier molecular flexibility index (Phi) is 7.86. The molecule has 0 saturated carbocycles. The minimum Gasteiger partial charge on any atom is -0.373 e. The number of sulfonamides is 1. The number of nitrogens with one attached hydrogen (secondary N) is 1. The Hall–Kier alpha value is -1.78. The number of hydrogen-bond donors (Lipinski definition) is 1. The molecular weight excluding hydrogens is 458 g/mol. The number of benzene rings is 1. The lowest BCUT2D eigenvalue weighted by atomic mass is 10.1. The second-order valence-electron chi connectivity index (χ2n) is 9.05. The number of morpholine rings is 1. The first kappa shape index (κ1) is 24.3. The van der Waals surface area contributed by atoms with E-state index in [0.29, 0.717) is 23.8 Å². The van der Waals surface area contributed by atoms with Crippen molar-refractivity contribution in [1.82, 2.24) is 14.5 Å². The molecule has 1 amide bonds. The van der Waals surface area contributed by atoms with Gasteiger partial charge >= 0.3 is 0 Å². The van der Waals surface area contributed by atoms with Crippen LogP contribution in [0.25, 0.3) is 0 Å². The van der Waals surface area contributed by atoms with Crippen LogP contribution in [0.3, 0.4) is 0 Å². The lowest BCUT2D eigenvalue weighted by Gasteiger charge is -2.35. The number of amides is 1. The van der Waals surface area contributed by atoms with Crippen molar-refractivity contribution in [2.45, 2.75) is 62.6 Å². The maximum Gasteiger partial charge on any atom is 0.252 e. The Morgan fingerprint density at radius 2 is 1.67 bits per heavy atom. The zero-order valence-electron chi connectivity index (χ0n) is 19.3. The van der Waals surface area contributed by atoms with Crippen molar-refractivity contribution in [1.29, 1.82) is 0 Å². The minimum atomic E-state index is -3.42. The maximum absolute atomic E-state index is 12.7. The highest BCUT2D eigenvalue weighted by Gasteiger charge is 2.28. The van der Waals surface area contributed by atoms with Gasteiger partial charge in [0.2, 0.25) is 5.91 Å². The Bertz CT molecular complexity index is 1040. The minimum absolute atomic E-state index is 0.109. The van der Waals surface area contributed by atoms with Crippen LogP contribution >= 0.6 is 11.3 Å². The summed E-state index contributed by atoms with van der Waals surface area (Å²) in [7, 11) is -3.42. The molecule has 2 unspecified atom stereocenters. The largest absolute Gasteiger partial charge is 0.373 e. The summed E-state index contributed by atoms with van der Waals surface area (Å²) in [4.78, 5) is 15.6. The first-order chi connectivity index (χ1) is 15.8. The fraction of sp³-hybridized carbons (Fsp3) is 0.542. The number of rotatable bonds is 8. The van der Waals surface area contributed by atoms with Crippen molar-refractivity contribution in [3.05, 3.63) is 52.4 Å². The van der Waals surface area contributed by atoms with Crippen molar-refractivity contribution in [2.24, 2.45) is 0 Å². The SMILES string of the molecule is CC1CN(Cc2ccc(CNC(=O)Cc3ccc(S(=O)(=O)N4CCCC4)s3)cc2)CC(C)O1. The predicted octanol–water partition coefficient (Wildman–Crippen LogP) is 3.00. The molecule has 2 saturated heterocycles. The number of hydrogen-bond acceptors (Lipinski definition) is 6. The Balaban J connectivity index is 1.25. The van der Waals surface area contributed by atoms with Crippen LogP contribution in [0.1, 0.15) is 42.7 Å². The van der Waals surface area contributed by atoms with Crippen LogP contribution < -0.4 is 5.32 Å². The van der Waals surface area contributed by atoms with Gasteiger partial charge in [-0.2, -0.15) is 4.31 Å². The van der Waals surface area contributed by atoms with Gasteiger partial charge in [0, 0.05) is 44.1 Å². The molecule has 4 rings (SSSR count). The Morgan fingerprint density at radius 1 is 1.03 bits per heavy atom. The second kappa shape index (κ2) is 10.7. The van der Waals surface area contributed by atoms with Gasteiger partial charge in [-0.15, -0.1) is 11.3 Å². The van der Waals surface area contributed by atoms with Gasteiger partial charge in [-0.3, -0.25) is 9.69 Å². The van der Waals surface area contributed by atoms with Crippen molar-refractivity contribution in [3.8, 4) is 0 Å². The standard InChI is InChI=1S/C24H33N3O4S2/c1-18-15-26(16-19(2)31-18)17-21-7-5-20(6-8-21)14-25-23(28)13-22-9-10-24(32-22)33(29,30)27-11-3-4-12-27/h5-10,18-19H,3-4,11-17H2,1-2H3,(H,25,28). The average molecular weight is 492 g/mol. The number of thiophene rings is 1. The highest BCUT2D eigenvalue weighted by Crippen LogP contribution is 2.27. The molecule has 33 heavy (non-hydrogen) atoms. The van der Waals surface area contributed by atoms with Crippen molar-refractivity contribution >= 4 is 27.3 Å². The van der Waals surface area contributed by atoms with E-state index in [4.69, 9.17) is 4.74 Å². The van der Waals surface area contributed by atoms with E-state index in [1.54, 1.807) is 12.1 Å². The third-order valence-electron chi connectivity index (χ3n) is 6.05. The summed E-state index contributed by atoms with van der Waals surface area (Å²) in [6.45, 7) is 8.60. The Morgan fingerprint density at radius 3 is 2.33 bits per heavy atom. The molecule has 2 aromatic rings. The quantitative estimate of drug-likeness (QED) is 0.614. The van der Waals surface area contributed by atoms with E-state index in [2.05, 4.69) is 48.3 Å². The van der Waals surface area contributed by atoms with Gasteiger partial charge in [-0.1, -0.05) is 24.3 Å². The summed E-state index contributed by atoms with van der Waals surface area (Å²) in [5.41, 5.74) is 2.29. The van der Waals surface area contributed by atoms with Crippen LogP contribution in [0.2, 0.25) is 0 Å². The maximum atomic E-state index is 12.7. The van der Waals surface area contributed by atoms with E-state index in [0.717, 1.165) is 42.9 Å². The van der Waals surface area contributed by atoms with Crippen LogP contribution in [0, 0.1) is 0 Å². The molecule has 0 radical (unpaired) electrons. The summed E-state index contributed by atoms with van der Waals surface area (Å²) in [5.74, 6) is -0.109. The zero-order chi connectivity index (χ0) is 23.4. The highest BCUT2D eigenvalue weighted by molar-refractivity contribution is 7.91. The van der Waals surface area contributed by atoms with Crippen LogP contribution in [-0.4, -0.2) is 61.9 Å². The molecule has 7 nitrogen and oxygen atoms in total. The summed E-state index contributed by atoms with van der Waals surface area (Å²) in [6.07, 6.45) is 2.51. The molecule has 180 valence electrons. The van der Waals surface area contributed by atoms with Gasteiger partial charge in [-0.05, 0) is 49.9 Å². The normalized spacial score (nSPS) is 22.5. The van der Waals surface area contributed by atoms with Crippen LogP contribution in [0.4, 0.5) is 0 Å². The lowest BCUT2D eigenvalue weighted by Crippen LogP contribution is -2.44. The van der Waals surface area contributed by atoms with Crippen LogP contribution in [-0.2, 0) is 39.1 Å². The van der Waals surface area contributed by atoms with E-state index in [1.165, 1.54) is 21.2 Å². The third-order valence-corrected chi connectivity index (χ3v) is 9.50. The first-order valence-corrected chi connectivity index (χ1v) is 13.9. The molecule has 1 aromatic carbocycles. The lowest BCUT2D eigenvalue weighted by molar-refractivity contribution is -0.120. The smallest absolute Gasteiger partial charge is 0.252 e. The molecule has 3 heterocycles. The van der Waals surface area contributed by atoms with Crippen molar-refractivity contribution in [3.63, 3.8) is 0 Å². The molecule has 2 atom stereocenters. The zero-order valence-corrected chi connectivity index (χ0v) is 21.0. The average Bonchev–Trinajstić information content (AvgIpc) is 3.46. The molecule has 2 fully saturated rings. The van der Waals surface area contributed by atoms with Crippen molar-refractivity contribution in [2.75, 3.05) is 26.2 Å². The summed E-state index contributed by atoms with van der Waals surface area (Å²) < 4.78 is 33.0. The summed E-state index contributed by atoms with van der Waals surface area (Å²) in [5, 5.41) is 2.94. The van der Waals surface area contributed by atoms with E-state index in [1.807, 2.05) is 0 Å². The molecule has 0 aliphatic carbocycles. The predicted molar refractivity (Wildman–Crippen MR) is 130 cm³/mol. The topological polar surface area (TPSA) is 79.0 Å². The third kappa shape index (κ3) is 6.42. The van der Waals surface area contributed by atoms with Gasteiger partial charge < -0.3 is 10.1 Å². The molecule has 0 spiro atoms. The van der Waals surface area contributed by atoms with Gasteiger partial charge in [0.1, 0.15) is 4.21 Å². The number of ether oxygens (including phenoxy) is 1. The van der Waals surface area contributed by atoms with E-state index in [9.17, 15) is 13.2 Å². The first-order valence-electron chi connectivity index (χ1n) is 11.6. The van der Waals surface area contributed by atoms with E-state index < -0.39 is 10.0 Å². The molecule has 0 bridgehead atoms. The molecule has 2 aliphatic heterocycles. The number of nitrogens with zero attached hydrogens (tertiary/aromatic N) is 2. The van der Waals surface area contributed by atoms with Crippen molar-refractivity contribution < 1.29 is 17.9 Å². The number of carbonyl (C=O) groups is 1. The fourth-order valence-corrected chi connectivity index (χ4v) is 7.53. The summed E-state index contributed by atoms with van der Waals surface area (Å²) in [6, 6.07) is 11.7. The monoisotopic (exact) mass is 491 g/mol. The van der Waals surface area contributed by atoms with Crippen LogP contribution in [0.5, 0.6) is 0 Å². The molecule has 2 aliphatic rings. The Labute approximate surface area is 200 Å². The van der Waals surface area contributed by atoms with E-state index in [-0.39, 0.29) is 24.5 Å².